The van der Waals surface area contributed by atoms with Gasteiger partial charge in [-0.05, 0) is 24.6 Å². The van der Waals surface area contributed by atoms with Crippen molar-refractivity contribution in [3.8, 4) is 6.07 Å². The number of halogens is 2. The summed E-state index contributed by atoms with van der Waals surface area (Å²) in [5.41, 5.74) is 1.97. The SMILES string of the molecule is CCN(CCC#N)c1ccc(CCl)c(Cl)c1. The first-order chi connectivity index (χ1) is 7.72. The number of hydrogen-bond donors (Lipinski definition) is 0. The summed E-state index contributed by atoms with van der Waals surface area (Å²) in [6, 6.07) is 7.97. The van der Waals surface area contributed by atoms with Gasteiger partial charge < -0.3 is 4.90 Å². The fourth-order valence-corrected chi connectivity index (χ4v) is 2.04. The van der Waals surface area contributed by atoms with Crippen molar-refractivity contribution in [1.29, 1.82) is 5.26 Å². The minimum absolute atomic E-state index is 0.420. The molecule has 0 aromatic heterocycles. The summed E-state index contributed by atoms with van der Waals surface area (Å²) in [5.74, 6) is 0.420. The summed E-state index contributed by atoms with van der Waals surface area (Å²) >= 11 is 11.8. The fourth-order valence-electron chi connectivity index (χ4n) is 1.50. The minimum Gasteiger partial charge on any atom is -0.371 e. The van der Waals surface area contributed by atoms with Crippen LogP contribution in [0.4, 0.5) is 5.69 Å². The Hall–Kier alpha value is -0.910. The van der Waals surface area contributed by atoms with E-state index in [2.05, 4.69) is 17.9 Å². The average Bonchev–Trinajstić information content (AvgIpc) is 2.30. The molecular weight excluding hydrogens is 243 g/mol. The second-order valence-corrected chi connectivity index (χ2v) is 4.07. The Morgan fingerprint density at radius 3 is 2.69 bits per heavy atom. The van der Waals surface area contributed by atoms with E-state index >= 15 is 0 Å². The number of alkyl halides is 1. The summed E-state index contributed by atoms with van der Waals surface area (Å²) in [7, 11) is 0. The monoisotopic (exact) mass is 256 g/mol. The molecule has 0 unspecified atom stereocenters. The molecule has 4 heteroatoms. The third kappa shape index (κ3) is 3.30. The van der Waals surface area contributed by atoms with Crippen molar-refractivity contribution >= 4 is 28.9 Å². The van der Waals surface area contributed by atoms with Crippen LogP contribution in [0.2, 0.25) is 5.02 Å². The number of nitrogens with zero attached hydrogens (tertiary/aromatic N) is 2. The Balaban J connectivity index is 2.85. The minimum atomic E-state index is 0.420. The van der Waals surface area contributed by atoms with Gasteiger partial charge in [-0.15, -0.1) is 11.6 Å². The third-order valence-electron chi connectivity index (χ3n) is 2.42. The van der Waals surface area contributed by atoms with E-state index in [1.54, 1.807) is 0 Å². The lowest BCUT2D eigenvalue weighted by Crippen LogP contribution is -2.23. The summed E-state index contributed by atoms with van der Waals surface area (Å²) in [6.07, 6.45) is 0.517. The maximum atomic E-state index is 8.57. The molecule has 0 N–H and O–H groups in total. The maximum absolute atomic E-state index is 8.57. The summed E-state index contributed by atoms with van der Waals surface area (Å²) in [5, 5.41) is 9.26. The lowest BCUT2D eigenvalue weighted by molar-refractivity contribution is 0.827. The average molecular weight is 257 g/mol. The Morgan fingerprint density at radius 2 is 2.19 bits per heavy atom. The van der Waals surface area contributed by atoms with Gasteiger partial charge in [0.05, 0.1) is 12.5 Å². The van der Waals surface area contributed by atoms with E-state index in [0.29, 0.717) is 17.3 Å². The zero-order chi connectivity index (χ0) is 12.0. The van der Waals surface area contributed by atoms with E-state index in [1.807, 2.05) is 18.2 Å². The molecule has 0 saturated heterocycles. The van der Waals surface area contributed by atoms with Crippen molar-refractivity contribution in [2.45, 2.75) is 19.2 Å². The topological polar surface area (TPSA) is 27.0 Å². The van der Waals surface area contributed by atoms with Crippen molar-refractivity contribution in [1.82, 2.24) is 0 Å². The lowest BCUT2D eigenvalue weighted by atomic mass is 10.2. The van der Waals surface area contributed by atoms with Crippen LogP contribution < -0.4 is 4.90 Å². The zero-order valence-corrected chi connectivity index (χ0v) is 10.7. The van der Waals surface area contributed by atoms with Crippen LogP contribution in [0.25, 0.3) is 0 Å². The molecule has 0 amide bonds. The highest BCUT2D eigenvalue weighted by Gasteiger charge is 2.06. The molecule has 1 aromatic rings. The summed E-state index contributed by atoms with van der Waals surface area (Å²) in [4.78, 5) is 2.12. The molecule has 0 aliphatic carbocycles. The van der Waals surface area contributed by atoms with Gasteiger partial charge in [0.1, 0.15) is 0 Å². The largest absolute Gasteiger partial charge is 0.371 e. The molecule has 0 heterocycles. The molecule has 0 bridgehead atoms. The van der Waals surface area contributed by atoms with Gasteiger partial charge >= 0.3 is 0 Å². The smallest absolute Gasteiger partial charge is 0.0640 e. The first-order valence-corrected chi connectivity index (χ1v) is 6.10. The quantitative estimate of drug-likeness (QED) is 0.750. The molecule has 0 fully saturated rings. The predicted octanol–water partition coefficient (Wildman–Crippen LogP) is 3.82. The van der Waals surface area contributed by atoms with Crippen molar-refractivity contribution in [2.75, 3.05) is 18.0 Å². The summed E-state index contributed by atoms with van der Waals surface area (Å²) in [6.45, 7) is 3.64. The molecule has 0 spiro atoms. The molecule has 0 aliphatic rings. The van der Waals surface area contributed by atoms with Gasteiger partial charge in [-0.1, -0.05) is 17.7 Å². The molecule has 0 radical (unpaired) electrons. The van der Waals surface area contributed by atoms with Crippen LogP contribution in [-0.2, 0) is 5.88 Å². The van der Waals surface area contributed by atoms with Gasteiger partial charge in [0.15, 0.2) is 0 Å². The number of rotatable bonds is 5. The van der Waals surface area contributed by atoms with E-state index in [-0.39, 0.29) is 0 Å². The lowest BCUT2D eigenvalue weighted by Gasteiger charge is -2.22. The Morgan fingerprint density at radius 1 is 1.44 bits per heavy atom. The highest BCUT2D eigenvalue weighted by Crippen LogP contribution is 2.24. The zero-order valence-electron chi connectivity index (χ0n) is 9.21. The first kappa shape index (κ1) is 13.2. The second kappa shape index (κ2) is 6.62. The van der Waals surface area contributed by atoms with Crippen LogP contribution in [0.1, 0.15) is 18.9 Å². The van der Waals surface area contributed by atoms with Crippen LogP contribution >= 0.6 is 23.2 Å². The van der Waals surface area contributed by atoms with Gasteiger partial charge in [-0.2, -0.15) is 5.26 Å². The van der Waals surface area contributed by atoms with Crippen molar-refractivity contribution in [2.24, 2.45) is 0 Å². The fraction of sp³-hybridized carbons (Fsp3) is 0.417. The van der Waals surface area contributed by atoms with Gasteiger partial charge in [-0.25, -0.2) is 0 Å². The van der Waals surface area contributed by atoms with E-state index in [0.717, 1.165) is 24.3 Å². The highest BCUT2D eigenvalue weighted by atomic mass is 35.5. The molecule has 1 aromatic carbocycles. The van der Waals surface area contributed by atoms with E-state index < -0.39 is 0 Å². The highest BCUT2D eigenvalue weighted by molar-refractivity contribution is 6.32. The summed E-state index contributed by atoms with van der Waals surface area (Å²) < 4.78 is 0. The molecule has 0 saturated carbocycles. The second-order valence-electron chi connectivity index (χ2n) is 3.40. The van der Waals surface area contributed by atoms with E-state index in [9.17, 15) is 0 Å². The van der Waals surface area contributed by atoms with Gasteiger partial charge in [0.2, 0.25) is 0 Å². The van der Waals surface area contributed by atoms with Crippen molar-refractivity contribution in [3.63, 3.8) is 0 Å². The third-order valence-corrected chi connectivity index (χ3v) is 3.06. The maximum Gasteiger partial charge on any atom is 0.0640 e. The number of hydrogen-bond acceptors (Lipinski definition) is 2. The normalized spacial score (nSPS) is 9.88. The van der Waals surface area contributed by atoms with Crippen molar-refractivity contribution < 1.29 is 0 Å². The molecule has 2 nitrogen and oxygen atoms in total. The van der Waals surface area contributed by atoms with E-state index in [1.165, 1.54) is 0 Å². The van der Waals surface area contributed by atoms with Crippen LogP contribution in [0.5, 0.6) is 0 Å². The van der Waals surface area contributed by atoms with Gasteiger partial charge in [0, 0.05) is 29.7 Å². The first-order valence-electron chi connectivity index (χ1n) is 5.19. The van der Waals surface area contributed by atoms with Gasteiger partial charge in [-0.3, -0.25) is 0 Å². The standard InChI is InChI=1S/C12H14Cl2N2/c1-2-16(7-3-6-15)11-5-4-10(9-13)12(14)8-11/h4-5,8H,2-3,7,9H2,1H3. The Bertz CT molecular complexity index is 385. The number of anilines is 1. The molecule has 1 rings (SSSR count). The molecule has 16 heavy (non-hydrogen) atoms. The van der Waals surface area contributed by atoms with Crippen LogP contribution in [0.15, 0.2) is 18.2 Å². The molecule has 0 atom stereocenters. The number of benzene rings is 1. The Labute approximate surface area is 106 Å². The van der Waals surface area contributed by atoms with Crippen LogP contribution in [0, 0.1) is 11.3 Å². The van der Waals surface area contributed by atoms with Crippen LogP contribution in [0.3, 0.4) is 0 Å². The van der Waals surface area contributed by atoms with Crippen molar-refractivity contribution in [3.05, 3.63) is 28.8 Å². The van der Waals surface area contributed by atoms with Gasteiger partial charge in [0.25, 0.3) is 0 Å². The molecule has 86 valence electrons. The predicted molar refractivity (Wildman–Crippen MR) is 69.1 cm³/mol. The number of nitriles is 1. The molecular formula is C12H14Cl2N2. The van der Waals surface area contributed by atoms with Crippen LogP contribution in [-0.4, -0.2) is 13.1 Å². The molecule has 0 aliphatic heterocycles. The Kier molecular flexibility index (Phi) is 5.45. The van der Waals surface area contributed by atoms with E-state index in [4.69, 9.17) is 28.5 Å².